The van der Waals surface area contributed by atoms with Crippen LogP contribution in [-0.4, -0.2) is 29.7 Å². The van der Waals surface area contributed by atoms with Crippen molar-refractivity contribution in [3.63, 3.8) is 0 Å². The number of aliphatic hydroxyl groups is 1. The average Bonchev–Trinajstić information content (AvgIpc) is 2.21. The van der Waals surface area contributed by atoms with E-state index in [1.807, 2.05) is 32.0 Å². The van der Waals surface area contributed by atoms with Crippen LogP contribution in [0.3, 0.4) is 0 Å². The Bertz CT molecular complexity index is 419. The van der Waals surface area contributed by atoms with Crippen LogP contribution in [0.4, 0.5) is 5.69 Å². The molecular weight excluding hydrogens is 216 g/mol. The Morgan fingerprint density at radius 3 is 2.47 bits per heavy atom. The highest BCUT2D eigenvalue weighted by molar-refractivity contribution is 5.93. The smallest absolute Gasteiger partial charge is 0.227 e. The van der Waals surface area contributed by atoms with Crippen LogP contribution in [0.1, 0.15) is 17.5 Å². The third-order valence-electron chi connectivity index (χ3n) is 3.14. The highest BCUT2D eigenvalue weighted by Crippen LogP contribution is 2.21. The number of rotatable bonds is 3. The fourth-order valence-corrected chi connectivity index (χ4v) is 2.03. The molecule has 0 bridgehead atoms. The van der Waals surface area contributed by atoms with E-state index in [2.05, 4.69) is 10.6 Å². The van der Waals surface area contributed by atoms with E-state index < -0.39 is 5.60 Å². The molecule has 4 nitrogen and oxygen atoms in total. The van der Waals surface area contributed by atoms with Gasteiger partial charge in [0.25, 0.3) is 0 Å². The Balaban J connectivity index is 2.03. The minimum atomic E-state index is -0.860. The van der Waals surface area contributed by atoms with Gasteiger partial charge in [-0.2, -0.15) is 0 Å². The molecule has 1 fully saturated rings. The van der Waals surface area contributed by atoms with Gasteiger partial charge in [-0.05, 0) is 25.0 Å². The number of carbonyl (C=O) groups excluding carboxylic acids is 1. The van der Waals surface area contributed by atoms with Crippen LogP contribution in [-0.2, 0) is 4.79 Å². The lowest BCUT2D eigenvalue weighted by atomic mass is 9.92. The third kappa shape index (κ3) is 2.65. The maximum Gasteiger partial charge on any atom is 0.227 e. The van der Waals surface area contributed by atoms with Gasteiger partial charge in [-0.25, -0.2) is 0 Å². The monoisotopic (exact) mass is 234 g/mol. The maximum atomic E-state index is 11.8. The predicted octanol–water partition coefficient (Wildman–Crippen LogP) is 0.966. The zero-order valence-corrected chi connectivity index (χ0v) is 10.2. The summed E-state index contributed by atoms with van der Waals surface area (Å²) in [6, 6.07) is 5.88. The van der Waals surface area contributed by atoms with E-state index >= 15 is 0 Å². The van der Waals surface area contributed by atoms with Gasteiger partial charge in [-0.3, -0.25) is 4.79 Å². The van der Waals surface area contributed by atoms with Gasteiger partial charge in [0.1, 0.15) is 0 Å². The van der Waals surface area contributed by atoms with Gasteiger partial charge in [0.2, 0.25) is 5.91 Å². The summed E-state index contributed by atoms with van der Waals surface area (Å²) < 4.78 is 0. The summed E-state index contributed by atoms with van der Waals surface area (Å²) in [5.74, 6) is -0.133. The molecule has 17 heavy (non-hydrogen) atoms. The topological polar surface area (TPSA) is 61.4 Å². The lowest BCUT2D eigenvalue weighted by Gasteiger charge is -2.37. The van der Waals surface area contributed by atoms with Crippen LogP contribution >= 0.6 is 0 Å². The first-order chi connectivity index (χ1) is 8.00. The molecule has 1 aliphatic rings. The first kappa shape index (κ1) is 12.1. The summed E-state index contributed by atoms with van der Waals surface area (Å²) in [5.41, 5.74) is 2.07. The zero-order valence-electron chi connectivity index (χ0n) is 10.2. The van der Waals surface area contributed by atoms with Crippen LogP contribution < -0.4 is 10.6 Å². The van der Waals surface area contributed by atoms with Crippen molar-refractivity contribution in [3.05, 3.63) is 29.3 Å². The molecule has 4 heteroatoms. The highest BCUT2D eigenvalue weighted by atomic mass is 16.3. The van der Waals surface area contributed by atoms with Crippen LogP contribution in [0.15, 0.2) is 18.2 Å². The summed E-state index contributed by atoms with van der Waals surface area (Å²) in [7, 11) is 0. The molecule has 1 heterocycles. The van der Waals surface area contributed by atoms with Crippen LogP contribution in [0.2, 0.25) is 0 Å². The fourth-order valence-electron chi connectivity index (χ4n) is 2.03. The number of aryl methyl sites for hydroxylation is 2. The number of hydrogen-bond acceptors (Lipinski definition) is 3. The molecule has 3 N–H and O–H groups in total. The van der Waals surface area contributed by atoms with E-state index in [1.165, 1.54) is 0 Å². The molecule has 92 valence electrons. The molecule has 1 aromatic carbocycles. The highest BCUT2D eigenvalue weighted by Gasteiger charge is 2.36. The van der Waals surface area contributed by atoms with Crippen molar-refractivity contribution in [1.82, 2.24) is 5.32 Å². The maximum absolute atomic E-state index is 11.8. The molecule has 0 atom stereocenters. The van der Waals surface area contributed by atoms with Crippen molar-refractivity contribution < 1.29 is 9.90 Å². The molecule has 1 aromatic rings. The van der Waals surface area contributed by atoms with E-state index in [-0.39, 0.29) is 12.3 Å². The van der Waals surface area contributed by atoms with E-state index in [0.717, 1.165) is 16.8 Å². The van der Waals surface area contributed by atoms with Crippen molar-refractivity contribution in [2.75, 3.05) is 18.4 Å². The van der Waals surface area contributed by atoms with Gasteiger partial charge in [0, 0.05) is 18.8 Å². The first-order valence-corrected chi connectivity index (χ1v) is 5.79. The quantitative estimate of drug-likeness (QED) is 0.730. The van der Waals surface area contributed by atoms with Gasteiger partial charge in [-0.15, -0.1) is 0 Å². The van der Waals surface area contributed by atoms with Crippen LogP contribution in [0, 0.1) is 13.8 Å². The average molecular weight is 234 g/mol. The molecule has 1 amide bonds. The second kappa shape index (κ2) is 4.47. The number of carbonyl (C=O) groups is 1. The number of benzene rings is 1. The Morgan fingerprint density at radius 1 is 1.41 bits per heavy atom. The molecule has 0 aromatic heterocycles. The number of nitrogens with one attached hydrogen (secondary N) is 2. The van der Waals surface area contributed by atoms with Gasteiger partial charge in [0.05, 0.1) is 12.0 Å². The second-order valence-corrected chi connectivity index (χ2v) is 4.82. The predicted molar refractivity (Wildman–Crippen MR) is 67.0 cm³/mol. The molecule has 0 aliphatic carbocycles. The summed E-state index contributed by atoms with van der Waals surface area (Å²) in [6.45, 7) is 4.91. The minimum Gasteiger partial charge on any atom is -0.387 e. The molecule has 0 spiro atoms. The zero-order chi connectivity index (χ0) is 12.5. The molecular formula is C13H18N2O2. The van der Waals surface area contributed by atoms with Crippen molar-refractivity contribution in [3.8, 4) is 0 Å². The number of β-amino-alcohol motifs (C(OH)–C–C–N with tert-alkyl or cyclic N) is 1. The summed E-state index contributed by atoms with van der Waals surface area (Å²) in [5, 5.41) is 15.7. The van der Waals surface area contributed by atoms with Gasteiger partial charge >= 0.3 is 0 Å². The van der Waals surface area contributed by atoms with Crippen LogP contribution in [0.25, 0.3) is 0 Å². The number of hydrogen-bond donors (Lipinski definition) is 3. The normalized spacial score (nSPS) is 17.4. The summed E-state index contributed by atoms with van der Waals surface area (Å²) in [6.07, 6.45) is 0.147. The second-order valence-electron chi connectivity index (χ2n) is 4.82. The van der Waals surface area contributed by atoms with Crippen LogP contribution in [0.5, 0.6) is 0 Å². The summed E-state index contributed by atoms with van der Waals surface area (Å²) >= 11 is 0. The summed E-state index contributed by atoms with van der Waals surface area (Å²) in [4.78, 5) is 11.8. The van der Waals surface area contributed by atoms with Crippen molar-refractivity contribution in [2.45, 2.75) is 25.9 Å². The Morgan fingerprint density at radius 2 is 2.00 bits per heavy atom. The molecule has 1 aliphatic heterocycles. The van der Waals surface area contributed by atoms with E-state index in [4.69, 9.17) is 0 Å². The minimum absolute atomic E-state index is 0.133. The van der Waals surface area contributed by atoms with Crippen molar-refractivity contribution in [1.29, 1.82) is 0 Å². The van der Waals surface area contributed by atoms with Gasteiger partial charge in [0.15, 0.2) is 0 Å². The lowest BCUT2D eigenvalue weighted by molar-refractivity contribution is -0.123. The van der Waals surface area contributed by atoms with E-state index in [0.29, 0.717) is 13.1 Å². The number of para-hydroxylation sites is 1. The fraction of sp³-hybridized carbons (Fsp3) is 0.462. The largest absolute Gasteiger partial charge is 0.387 e. The molecule has 0 unspecified atom stereocenters. The first-order valence-electron chi connectivity index (χ1n) is 5.79. The molecule has 0 saturated carbocycles. The Labute approximate surface area is 101 Å². The lowest BCUT2D eigenvalue weighted by Crippen LogP contribution is -2.60. The Kier molecular flexibility index (Phi) is 3.17. The number of anilines is 1. The molecule has 1 saturated heterocycles. The standard InChI is InChI=1S/C13H18N2O2/c1-9-4-3-5-10(2)12(9)15-11(16)6-13(17)7-14-8-13/h3-5,14,17H,6-8H2,1-2H3,(H,15,16). The van der Waals surface area contributed by atoms with E-state index in [9.17, 15) is 9.90 Å². The van der Waals surface area contributed by atoms with Crippen molar-refractivity contribution >= 4 is 11.6 Å². The third-order valence-corrected chi connectivity index (χ3v) is 3.14. The van der Waals surface area contributed by atoms with E-state index in [1.54, 1.807) is 0 Å². The number of amides is 1. The van der Waals surface area contributed by atoms with Gasteiger partial charge < -0.3 is 15.7 Å². The Hall–Kier alpha value is -1.39. The molecule has 2 rings (SSSR count). The molecule has 0 radical (unpaired) electrons. The van der Waals surface area contributed by atoms with Gasteiger partial charge in [-0.1, -0.05) is 18.2 Å². The van der Waals surface area contributed by atoms with Crippen molar-refractivity contribution in [2.24, 2.45) is 0 Å². The SMILES string of the molecule is Cc1cccc(C)c1NC(=O)CC1(O)CNC1.